The van der Waals surface area contributed by atoms with Crippen molar-refractivity contribution in [2.75, 3.05) is 26.2 Å². The Hall–Kier alpha value is -0.980. The Morgan fingerprint density at radius 1 is 1.33 bits per heavy atom. The van der Waals surface area contributed by atoms with Gasteiger partial charge in [0.2, 0.25) is 0 Å². The summed E-state index contributed by atoms with van der Waals surface area (Å²) in [5, 5.41) is 0. The van der Waals surface area contributed by atoms with Gasteiger partial charge in [0, 0.05) is 36.2 Å². The van der Waals surface area contributed by atoms with Gasteiger partial charge in [0.05, 0.1) is 11.0 Å². The lowest BCUT2D eigenvalue weighted by atomic mass is 10.1. The molecule has 1 aliphatic rings. The summed E-state index contributed by atoms with van der Waals surface area (Å²) in [7, 11) is 0. The zero-order valence-electron chi connectivity index (χ0n) is 12.3. The van der Waals surface area contributed by atoms with Crippen LogP contribution in [-0.2, 0) is 0 Å². The predicted molar refractivity (Wildman–Crippen MR) is 92.6 cm³/mol. The maximum absolute atomic E-state index is 12.6. The van der Waals surface area contributed by atoms with Gasteiger partial charge in [0.15, 0.2) is 0 Å². The molecule has 1 aromatic carbocycles. The zero-order chi connectivity index (χ0) is 15.6. The Bertz CT molecular complexity index is 556. The highest BCUT2D eigenvalue weighted by atomic mass is 79.9. The molecule has 114 valence electrons. The number of hydrogen-bond acceptors (Lipinski definition) is 3. The van der Waals surface area contributed by atoms with E-state index in [0.29, 0.717) is 18.1 Å². The quantitative estimate of drug-likeness (QED) is 0.829. The number of benzene rings is 1. The van der Waals surface area contributed by atoms with E-state index in [9.17, 15) is 4.79 Å². The lowest BCUT2D eigenvalue weighted by molar-refractivity contribution is 0.0621. The van der Waals surface area contributed by atoms with Crippen LogP contribution in [0, 0.1) is 6.92 Å². The molecule has 1 amide bonds. The van der Waals surface area contributed by atoms with Crippen LogP contribution in [0.4, 0.5) is 0 Å². The van der Waals surface area contributed by atoms with E-state index < -0.39 is 0 Å². The van der Waals surface area contributed by atoms with Crippen LogP contribution >= 0.6 is 28.1 Å². The normalized spacial score (nSPS) is 17.6. The molecule has 0 aromatic heterocycles. The van der Waals surface area contributed by atoms with Crippen LogP contribution in [0.3, 0.4) is 0 Å². The molecule has 1 heterocycles. The molecular weight excluding hydrogens is 350 g/mol. The lowest BCUT2D eigenvalue weighted by Gasteiger charge is -2.37. The van der Waals surface area contributed by atoms with E-state index in [0.717, 1.165) is 28.7 Å². The molecule has 1 fully saturated rings. The highest BCUT2D eigenvalue weighted by Crippen LogP contribution is 2.19. The van der Waals surface area contributed by atoms with E-state index in [4.69, 9.17) is 18.0 Å². The third kappa shape index (κ3) is 3.81. The van der Waals surface area contributed by atoms with E-state index in [2.05, 4.69) is 20.8 Å². The molecular formula is C15H20BrN3OS. The number of nitrogens with zero attached hydrogens (tertiary/aromatic N) is 2. The van der Waals surface area contributed by atoms with Gasteiger partial charge in [-0.2, -0.15) is 0 Å². The summed E-state index contributed by atoms with van der Waals surface area (Å²) in [6.07, 6.45) is 0. The number of carbonyl (C=O) groups excluding carboxylic acids is 1. The Morgan fingerprint density at radius 3 is 2.52 bits per heavy atom. The number of halogens is 1. The van der Waals surface area contributed by atoms with Crippen molar-refractivity contribution in [1.29, 1.82) is 0 Å². The van der Waals surface area contributed by atoms with Crippen LogP contribution < -0.4 is 5.73 Å². The highest BCUT2D eigenvalue weighted by Gasteiger charge is 2.26. The monoisotopic (exact) mass is 369 g/mol. The molecule has 1 aliphatic heterocycles. The first-order valence-electron chi connectivity index (χ1n) is 6.99. The van der Waals surface area contributed by atoms with Gasteiger partial charge in [-0.05, 0) is 31.5 Å². The molecule has 0 aliphatic carbocycles. The first kappa shape index (κ1) is 16.4. The standard InChI is InChI=1S/C15H20BrN3OS/c1-10-3-4-12(16)9-13(10)15(20)19-7-5-18(6-8-19)11(2)14(17)21/h3-4,9,11H,5-8H2,1-2H3,(H2,17,21). The van der Waals surface area contributed by atoms with Crippen molar-refractivity contribution in [3.05, 3.63) is 33.8 Å². The van der Waals surface area contributed by atoms with Gasteiger partial charge in [-0.3, -0.25) is 9.69 Å². The fourth-order valence-electron chi connectivity index (χ4n) is 2.49. The van der Waals surface area contributed by atoms with Gasteiger partial charge in [-0.25, -0.2) is 0 Å². The van der Waals surface area contributed by atoms with E-state index in [1.807, 2.05) is 36.9 Å². The van der Waals surface area contributed by atoms with Crippen LogP contribution in [0.5, 0.6) is 0 Å². The topological polar surface area (TPSA) is 49.6 Å². The smallest absolute Gasteiger partial charge is 0.254 e. The van der Waals surface area contributed by atoms with E-state index >= 15 is 0 Å². The number of aryl methyl sites for hydroxylation is 1. The summed E-state index contributed by atoms with van der Waals surface area (Å²) in [6.45, 7) is 6.99. The molecule has 0 spiro atoms. The van der Waals surface area contributed by atoms with Crippen molar-refractivity contribution in [3.63, 3.8) is 0 Å². The minimum atomic E-state index is 0.0878. The third-order valence-electron chi connectivity index (χ3n) is 3.99. The second-order valence-corrected chi connectivity index (χ2v) is 6.75. The summed E-state index contributed by atoms with van der Waals surface area (Å²) in [5.74, 6) is 0.0939. The van der Waals surface area contributed by atoms with Crippen molar-refractivity contribution in [2.45, 2.75) is 19.9 Å². The van der Waals surface area contributed by atoms with Crippen molar-refractivity contribution in [3.8, 4) is 0 Å². The minimum Gasteiger partial charge on any atom is -0.392 e. The van der Waals surface area contributed by atoms with Gasteiger partial charge in [-0.1, -0.05) is 34.2 Å². The molecule has 1 saturated heterocycles. The SMILES string of the molecule is Cc1ccc(Br)cc1C(=O)N1CCN(C(C)C(N)=S)CC1. The van der Waals surface area contributed by atoms with Gasteiger partial charge >= 0.3 is 0 Å². The highest BCUT2D eigenvalue weighted by molar-refractivity contribution is 9.10. The van der Waals surface area contributed by atoms with Crippen molar-refractivity contribution < 1.29 is 4.79 Å². The number of amides is 1. The van der Waals surface area contributed by atoms with Crippen LogP contribution in [0.15, 0.2) is 22.7 Å². The molecule has 0 saturated carbocycles. The molecule has 0 radical (unpaired) electrons. The fourth-order valence-corrected chi connectivity index (χ4v) is 3.00. The van der Waals surface area contributed by atoms with Crippen LogP contribution in [0.1, 0.15) is 22.8 Å². The molecule has 2 rings (SSSR count). The summed E-state index contributed by atoms with van der Waals surface area (Å²) in [6, 6.07) is 5.89. The van der Waals surface area contributed by atoms with Gasteiger partial charge < -0.3 is 10.6 Å². The number of carbonyl (C=O) groups is 1. The maximum atomic E-state index is 12.6. The Labute approximate surface area is 139 Å². The van der Waals surface area contributed by atoms with Gasteiger partial charge in [0.1, 0.15) is 0 Å². The molecule has 1 atom stereocenters. The first-order valence-corrected chi connectivity index (χ1v) is 8.19. The second-order valence-electron chi connectivity index (χ2n) is 5.37. The average Bonchev–Trinajstić information content (AvgIpc) is 2.48. The Balaban J connectivity index is 2.03. The van der Waals surface area contributed by atoms with E-state index in [1.54, 1.807) is 0 Å². The Morgan fingerprint density at radius 2 is 1.95 bits per heavy atom. The first-order chi connectivity index (χ1) is 9.90. The molecule has 2 N–H and O–H groups in total. The van der Waals surface area contributed by atoms with Crippen molar-refractivity contribution in [2.24, 2.45) is 5.73 Å². The van der Waals surface area contributed by atoms with Gasteiger partial charge in [-0.15, -0.1) is 0 Å². The molecule has 1 unspecified atom stereocenters. The third-order valence-corrected chi connectivity index (χ3v) is 4.83. The molecule has 21 heavy (non-hydrogen) atoms. The zero-order valence-corrected chi connectivity index (χ0v) is 14.7. The Kier molecular flexibility index (Phi) is 5.35. The fraction of sp³-hybridized carbons (Fsp3) is 0.467. The van der Waals surface area contributed by atoms with Crippen LogP contribution in [0.25, 0.3) is 0 Å². The summed E-state index contributed by atoms with van der Waals surface area (Å²) in [4.78, 5) is 17.3. The van der Waals surface area contributed by atoms with Gasteiger partial charge in [0.25, 0.3) is 5.91 Å². The van der Waals surface area contributed by atoms with E-state index in [1.165, 1.54) is 0 Å². The second kappa shape index (κ2) is 6.85. The number of piperazine rings is 1. The average molecular weight is 370 g/mol. The van der Waals surface area contributed by atoms with Crippen molar-refractivity contribution in [1.82, 2.24) is 9.80 Å². The van der Waals surface area contributed by atoms with Crippen molar-refractivity contribution >= 4 is 39.0 Å². The summed E-state index contributed by atoms with van der Waals surface area (Å²) >= 11 is 8.46. The maximum Gasteiger partial charge on any atom is 0.254 e. The number of rotatable bonds is 3. The predicted octanol–water partition coefficient (Wildman–Crippen LogP) is 2.19. The minimum absolute atomic E-state index is 0.0878. The number of thiocarbonyl (C=S) groups is 1. The lowest BCUT2D eigenvalue weighted by Crippen LogP contribution is -2.54. The molecule has 4 nitrogen and oxygen atoms in total. The van der Waals surface area contributed by atoms with E-state index in [-0.39, 0.29) is 11.9 Å². The molecule has 1 aromatic rings. The van der Waals surface area contributed by atoms with Crippen LogP contribution in [-0.4, -0.2) is 52.9 Å². The largest absolute Gasteiger partial charge is 0.392 e. The summed E-state index contributed by atoms with van der Waals surface area (Å²) in [5.41, 5.74) is 7.46. The molecule has 0 bridgehead atoms. The summed E-state index contributed by atoms with van der Waals surface area (Å²) < 4.78 is 0.928. The molecule has 6 heteroatoms. The number of nitrogens with two attached hydrogens (primary N) is 1. The van der Waals surface area contributed by atoms with Crippen LogP contribution in [0.2, 0.25) is 0 Å². The number of hydrogen-bond donors (Lipinski definition) is 1.